The van der Waals surface area contributed by atoms with E-state index in [0.717, 1.165) is 0 Å². The molecule has 140 valence electrons. The lowest BCUT2D eigenvalue weighted by molar-refractivity contribution is 1.47. The van der Waals surface area contributed by atoms with Crippen molar-refractivity contribution in [2.75, 3.05) is 0 Å². The molecule has 0 unspecified atom stereocenters. The standard InChI is InChI=1S/C25H18.C2H6.CH4/c1-17-7-6-8-18(15-17)19-13-14-24-22-11-3-2-9-20(22)21-10-4-5-12-23(21)25(24)16-19;1-2;/h2-16H,1H3;1-2H3;1H4. The summed E-state index contributed by atoms with van der Waals surface area (Å²) in [4.78, 5) is 0. The van der Waals surface area contributed by atoms with Gasteiger partial charge in [0.15, 0.2) is 0 Å². The molecule has 0 aromatic heterocycles. The average molecular weight is 365 g/mol. The minimum Gasteiger partial charge on any atom is -0.0776 e. The van der Waals surface area contributed by atoms with E-state index in [1.54, 1.807) is 0 Å². The molecule has 5 aromatic carbocycles. The molecule has 0 aliphatic heterocycles. The van der Waals surface area contributed by atoms with E-state index >= 15 is 0 Å². The van der Waals surface area contributed by atoms with Crippen LogP contribution in [-0.4, -0.2) is 0 Å². The van der Waals surface area contributed by atoms with Crippen LogP contribution in [0.25, 0.3) is 43.4 Å². The van der Waals surface area contributed by atoms with Gasteiger partial charge in [-0.1, -0.05) is 112 Å². The molecule has 0 bridgehead atoms. The number of benzene rings is 5. The minimum atomic E-state index is 0. The van der Waals surface area contributed by atoms with Gasteiger partial charge in [-0.25, -0.2) is 0 Å². The van der Waals surface area contributed by atoms with Crippen molar-refractivity contribution in [3.63, 3.8) is 0 Å². The van der Waals surface area contributed by atoms with Gasteiger partial charge in [0.05, 0.1) is 0 Å². The topological polar surface area (TPSA) is 0 Å². The molecule has 5 rings (SSSR count). The van der Waals surface area contributed by atoms with Crippen LogP contribution >= 0.6 is 0 Å². The number of fused-ring (bicyclic) bond motifs is 6. The van der Waals surface area contributed by atoms with Crippen molar-refractivity contribution in [2.45, 2.75) is 28.2 Å². The molecule has 0 heteroatoms. The first-order chi connectivity index (χ1) is 13.3. The summed E-state index contributed by atoms with van der Waals surface area (Å²) < 4.78 is 0. The molecular formula is C28H28. The fraction of sp³-hybridized carbons (Fsp3) is 0.143. The van der Waals surface area contributed by atoms with Gasteiger partial charge in [-0.05, 0) is 56.4 Å². The summed E-state index contributed by atoms with van der Waals surface area (Å²) >= 11 is 0. The van der Waals surface area contributed by atoms with Crippen LogP contribution in [0.2, 0.25) is 0 Å². The SMILES string of the molecule is C.CC.Cc1cccc(-c2ccc3c4ccccc4c4ccccc4c3c2)c1. The summed E-state index contributed by atoms with van der Waals surface area (Å²) in [5.41, 5.74) is 3.84. The Morgan fingerprint density at radius 1 is 0.429 bits per heavy atom. The predicted molar refractivity (Wildman–Crippen MR) is 127 cm³/mol. The second-order valence-corrected chi connectivity index (χ2v) is 6.72. The number of hydrogen-bond donors (Lipinski definition) is 0. The molecule has 0 aliphatic rings. The molecule has 28 heavy (non-hydrogen) atoms. The van der Waals surface area contributed by atoms with E-state index in [9.17, 15) is 0 Å². The van der Waals surface area contributed by atoms with Gasteiger partial charge in [-0.3, -0.25) is 0 Å². The van der Waals surface area contributed by atoms with Crippen LogP contribution in [0, 0.1) is 6.92 Å². The molecule has 5 aromatic rings. The van der Waals surface area contributed by atoms with Gasteiger partial charge in [0.1, 0.15) is 0 Å². The zero-order chi connectivity index (χ0) is 18.8. The van der Waals surface area contributed by atoms with Crippen LogP contribution in [0.5, 0.6) is 0 Å². The van der Waals surface area contributed by atoms with E-state index in [1.165, 1.54) is 49.0 Å². The van der Waals surface area contributed by atoms with E-state index in [-0.39, 0.29) is 7.43 Å². The van der Waals surface area contributed by atoms with Crippen LogP contribution in [0.3, 0.4) is 0 Å². The Labute approximate surface area is 168 Å². The zero-order valence-corrected chi connectivity index (χ0v) is 16.2. The molecule has 0 amide bonds. The zero-order valence-electron chi connectivity index (χ0n) is 16.2. The highest BCUT2D eigenvalue weighted by molar-refractivity contribution is 6.25. The maximum Gasteiger partial charge on any atom is -0.00928 e. The Morgan fingerprint density at radius 3 is 1.43 bits per heavy atom. The Balaban J connectivity index is 0.000000728. The summed E-state index contributed by atoms with van der Waals surface area (Å²) in [5, 5.41) is 7.96. The van der Waals surface area contributed by atoms with Crippen LogP contribution in [0.4, 0.5) is 0 Å². The Bertz CT molecular complexity index is 1210. The smallest absolute Gasteiger partial charge is 0.00928 e. The first-order valence-corrected chi connectivity index (χ1v) is 9.71. The summed E-state index contributed by atoms with van der Waals surface area (Å²) in [5.74, 6) is 0. The molecule has 0 saturated heterocycles. The van der Waals surface area contributed by atoms with Gasteiger partial charge in [-0.15, -0.1) is 0 Å². The lowest BCUT2D eigenvalue weighted by Crippen LogP contribution is -1.85. The van der Waals surface area contributed by atoms with Crippen LogP contribution in [0.15, 0.2) is 91.0 Å². The van der Waals surface area contributed by atoms with Gasteiger partial charge >= 0.3 is 0 Å². The summed E-state index contributed by atoms with van der Waals surface area (Å²) in [6, 6.07) is 33.1. The largest absolute Gasteiger partial charge is 0.0776 e. The second kappa shape index (κ2) is 8.27. The van der Waals surface area contributed by atoms with E-state index < -0.39 is 0 Å². The number of aryl methyl sites for hydroxylation is 1. The molecule has 0 nitrogen and oxygen atoms in total. The summed E-state index contributed by atoms with van der Waals surface area (Å²) in [6.45, 7) is 6.15. The second-order valence-electron chi connectivity index (χ2n) is 6.72. The molecular weight excluding hydrogens is 336 g/mol. The Morgan fingerprint density at radius 2 is 0.893 bits per heavy atom. The fourth-order valence-electron chi connectivity index (χ4n) is 3.91. The highest BCUT2D eigenvalue weighted by Gasteiger charge is 2.09. The van der Waals surface area contributed by atoms with Crippen molar-refractivity contribution in [3.05, 3.63) is 96.6 Å². The number of rotatable bonds is 1. The molecule has 0 fully saturated rings. The summed E-state index contributed by atoms with van der Waals surface area (Å²) in [7, 11) is 0. The van der Waals surface area contributed by atoms with Gasteiger partial charge in [0.25, 0.3) is 0 Å². The quantitative estimate of drug-likeness (QED) is 0.261. The molecule has 0 spiro atoms. The van der Waals surface area contributed by atoms with Crippen LogP contribution < -0.4 is 0 Å². The van der Waals surface area contributed by atoms with Gasteiger partial charge < -0.3 is 0 Å². The highest BCUT2D eigenvalue weighted by Crippen LogP contribution is 2.36. The van der Waals surface area contributed by atoms with E-state index in [0.29, 0.717) is 0 Å². The third-order valence-corrected chi connectivity index (χ3v) is 5.10. The van der Waals surface area contributed by atoms with E-state index in [4.69, 9.17) is 0 Å². The normalized spacial score (nSPS) is 10.4. The Kier molecular flexibility index (Phi) is 5.80. The van der Waals surface area contributed by atoms with E-state index in [2.05, 4.69) is 97.9 Å². The van der Waals surface area contributed by atoms with Gasteiger partial charge in [0, 0.05) is 0 Å². The van der Waals surface area contributed by atoms with Crippen molar-refractivity contribution in [1.82, 2.24) is 0 Å². The molecule has 0 N–H and O–H groups in total. The van der Waals surface area contributed by atoms with Crippen LogP contribution in [-0.2, 0) is 0 Å². The molecule has 0 radical (unpaired) electrons. The van der Waals surface area contributed by atoms with Gasteiger partial charge in [-0.2, -0.15) is 0 Å². The highest BCUT2D eigenvalue weighted by atomic mass is 14.1. The molecule has 0 heterocycles. The molecule has 0 atom stereocenters. The number of hydrogen-bond acceptors (Lipinski definition) is 0. The van der Waals surface area contributed by atoms with Crippen molar-refractivity contribution in [1.29, 1.82) is 0 Å². The predicted octanol–water partition coefficient (Wildman–Crippen LogP) is 8.78. The van der Waals surface area contributed by atoms with Crippen molar-refractivity contribution >= 4 is 32.3 Å². The third kappa shape index (κ3) is 3.27. The maximum atomic E-state index is 2.35. The first kappa shape index (κ1) is 19.6. The third-order valence-electron chi connectivity index (χ3n) is 5.10. The van der Waals surface area contributed by atoms with Crippen molar-refractivity contribution in [3.8, 4) is 11.1 Å². The molecule has 0 saturated carbocycles. The van der Waals surface area contributed by atoms with Crippen molar-refractivity contribution < 1.29 is 0 Å². The average Bonchev–Trinajstić information content (AvgIpc) is 2.75. The van der Waals surface area contributed by atoms with E-state index in [1.807, 2.05) is 13.8 Å². The fourth-order valence-corrected chi connectivity index (χ4v) is 3.91. The van der Waals surface area contributed by atoms with Crippen LogP contribution in [0.1, 0.15) is 26.8 Å². The monoisotopic (exact) mass is 364 g/mol. The minimum absolute atomic E-state index is 0. The molecule has 0 aliphatic carbocycles. The summed E-state index contributed by atoms with van der Waals surface area (Å²) in [6.07, 6.45) is 0. The maximum absolute atomic E-state index is 2.35. The first-order valence-electron chi connectivity index (χ1n) is 9.71. The Hall–Kier alpha value is -3.12. The van der Waals surface area contributed by atoms with Gasteiger partial charge in [0.2, 0.25) is 0 Å². The van der Waals surface area contributed by atoms with Crippen molar-refractivity contribution in [2.24, 2.45) is 0 Å². The lowest BCUT2D eigenvalue weighted by atomic mass is 9.92. The lowest BCUT2D eigenvalue weighted by Gasteiger charge is -2.12.